The van der Waals surface area contributed by atoms with Crippen LogP contribution in [0.15, 0.2) is 0 Å². The summed E-state index contributed by atoms with van der Waals surface area (Å²) in [5.74, 6) is 0.154. The minimum Gasteiger partial charge on any atom is -0.379 e. The van der Waals surface area contributed by atoms with Crippen molar-refractivity contribution in [3.63, 3.8) is 0 Å². The molecule has 7 nitrogen and oxygen atoms in total. The van der Waals surface area contributed by atoms with Gasteiger partial charge in [-0.05, 0) is 25.7 Å². The van der Waals surface area contributed by atoms with Crippen LogP contribution in [0.2, 0.25) is 0 Å². The lowest BCUT2D eigenvalue weighted by molar-refractivity contribution is 0.0326. The summed E-state index contributed by atoms with van der Waals surface area (Å²) in [6, 6.07) is 0. The van der Waals surface area contributed by atoms with E-state index in [0.29, 0.717) is 0 Å². The van der Waals surface area contributed by atoms with Gasteiger partial charge < -0.3 is 9.64 Å². The van der Waals surface area contributed by atoms with E-state index in [9.17, 15) is 4.79 Å². The number of rotatable bonds is 6. The Morgan fingerprint density at radius 1 is 0.964 bits per heavy atom. The smallest absolute Gasteiger partial charge is 0.274 e. The molecule has 1 amide bonds. The first-order chi connectivity index (χ1) is 13.8. The maximum atomic E-state index is 13.2. The summed E-state index contributed by atoms with van der Waals surface area (Å²) >= 11 is 0. The molecule has 0 aromatic carbocycles. The van der Waals surface area contributed by atoms with Crippen LogP contribution in [0, 0.1) is 0 Å². The first-order valence-electron chi connectivity index (χ1n) is 11.2. The minimum atomic E-state index is 0.154. The van der Waals surface area contributed by atoms with Gasteiger partial charge >= 0.3 is 0 Å². The van der Waals surface area contributed by atoms with Crippen molar-refractivity contribution in [2.45, 2.75) is 52.1 Å². The van der Waals surface area contributed by atoms with Gasteiger partial charge in [-0.1, -0.05) is 6.92 Å². The monoisotopic (exact) mass is 389 g/mol. The number of morpholine rings is 1. The van der Waals surface area contributed by atoms with E-state index in [1.165, 1.54) is 17.7 Å². The maximum absolute atomic E-state index is 13.2. The molecule has 2 saturated heterocycles. The van der Waals surface area contributed by atoms with Crippen molar-refractivity contribution in [2.75, 3.05) is 59.0 Å². The van der Waals surface area contributed by atoms with Gasteiger partial charge in [-0.15, -0.1) is 0 Å². The van der Waals surface area contributed by atoms with Crippen LogP contribution in [-0.4, -0.2) is 89.4 Å². The molecule has 28 heavy (non-hydrogen) atoms. The van der Waals surface area contributed by atoms with E-state index in [1.54, 1.807) is 0 Å². The second-order valence-electron chi connectivity index (χ2n) is 8.33. The number of aromatic nitrogens is 2. The van der Waals surface area contributed by atoms with Crippen LogP contribution in [0.1, 0.15) is 54.4 Å². The summed E-state index contributed by atoms with van der Waals surface area (Å²) in [7, 11) is 0. The predicted molar refractivity (Wildman–Crippen MR) is 109 cm³/mol. The third-order valence-corrected chi connectivity index (χ3v) is 6.33. The first-order valence-corrected chi connectivity index (χ1v) is 11.2. The number of nitrogens with zero attached hydrogens (tertiary/aromatic N) is 5. The highest BCUT2D eigenvalue weighted by molar-refractivity contribution is 5.94. The molecule has 0 atom stereocenters. The van der Waals surface area contributed by atoms with E-state index >= 15 is 0 Å². The molecule has 1 aromatic heterocycles. The number of aryl methyl sites for hydroxylation is 1. The molecule has 3 aliphatic rings. The predicted octanol–water partition coefficient (Wildman–Crippen LogP) is 1.61. The third-order valence-electron chi connectivity index (χ3n) is 6.33. The lowest BCUT2D eigenvalue weighted by Gasteiger charge is -2.32. The van der Waals surface area contributed by atoms with E-state index in [1.807, 2.05) is 4.90 Å². The van der Waals surface area contributed by atoms with E-state index in [2.05, 4.69) is 21.4 Å². The summed E-state index contributed by atoms with van der Waals surface area (Å²) in [6.45, 7) is 12.7. The van der Waals surface area contributed by atoms with Crippen LogP contribution in [0.3, 0.4) is 0 Å². The molecule has 3 aliphatic heterocycles. The number of carbonyl (C=O) groups is 1. The zero-order chi connectivity index (χ0) is 19.3. The van der Waals surface area contributed by atoms with E-state index < -0.39 is 0 Å². The molecule has 0 unspecified atom stereocenters. The molecule has 0 bridgehead atoms. The van der Waals surface area contributed by atoms with Gasteiger partial charge in [0.05, 0.1) is 13.2 Å². The Balaban J connectivity index is 1.47. The normalized spacial score (nSPS) is 21.7. The van der Waals surface area contributed by atoms with Crippen LogP contribution >= 0.6 is 0 Å². The van der Waals surface area contributed by atoms with Gasteiger partial charge in [0.2, 0.25) is 0 Å². The lowest BCUT2D eigenvalue weighted by Crippen LogP contribution is -2.43. The fourth-order valence-electron chi connectivity index (χ4n) is 4.66. The average molecular weight is 390 g/mol. The SMILES string of the molecule is CCCn1nc(C(=O)N2CCCCC2)c2c1CCN(CCN1CCOCC1)C2. The van der Waals surface area contributed by atoms with Gasteiger partial charge in [-0.3, -0.25) is 19.3 Å². The number of fused-ring (bicyclic) bond motifs is 1. The van der Waals surface area contributed by atoms with Crippen molar-refractivity contribution < 1.29 is 9.53 Å². The summed E-state index contributed by atoms with van der Waals surface area (Å²) < 4.78 is 7.57. The molecule has 0 aliphatic carbocycles. The topological polar surface area (TPSA) is 53.8 Å². The van der Waals surface area contributed by atoms with Gasteiger partial charge in [0.15, 0.2) is 5.69 Å². The number of hydrogen-bond donors (Lipinski definition) is 0. The molecule has 7 heteroatoms. The second-order valence-corrected chi connectivity index (χ2v) is 8.33. The number of likely N-dealkylation sites (tertiary alicyclic amines) is 1. The number of piperidine rings is 1. The minimum absolute atomic E-state index is 0.154. The van der Waals surface area contributed by atoms with Gasteiger partial charge in [0.1, 0.15) is 0 Å². The molecular formula is C21H35N5O2. The fourth-order valence-corrected chi connectivity index (χ4v) is 4.66. The third kappa shape index (κ3) is 4.42. The van der Waals surface area contributed by atoms with Gasteiger partial charge in [-0.25, -0.2) is 0 Å². The van der Waals surface area contributed by atoms with Crippen molar-refractivity contribution in [3.8, 4) is 0 Å². The van der Waals surface area contributed by atoms with E-state index in [-0.39, 0.29) is 5.91 Å². The fraction of sp³-hybridized carbons (Fsp3) is 0.810. The Morgan fingerprint density at radius 2 is 1.71 bits per heavy atom. The molecule has 0 radical (unpaired) electrons. The molecule has 0 spiro atoms. The Hall–Kier alpha value is -1.44. The summed E-state index contributed by atoms with van der Waals surface area (Å²) in [4.78, 5) is 20.2. The molecule has 0 saturated carbocycles. The van der Waals surface area contributed by atoms with Crippen molar-refractivity contribution in [1.82, 2.24) is 24.5 Å². The Labute approximate surface area is 168 Å². The zero-order valence-electron chi connectivity index (χ0n) is 17.4. The lowest BCUT2D eigenvalue weighted by atomic mass is 10.0. The van der Waals surface area contributed by atoms with Crippen LogP contribution < -0.4 is 0 Å². The molecule has 4 rings (SSSR count). The first kappa shape index (κ1) is 19.9. The van der Waals surface area contributed by atoms with E-state index in [4.69, 9.17) is 9.84 Å². The van der Waals surface area contributed by atoms with Gasteiger partial charge in [0.25, 0.3) is 5.91 Å². The molecule has 156 valence electrons. The Bertz CT molecular complexity index is 662. The van der Waals surface area contributed by atoms with Crippen molar-refractivity contribution in [3.05, 3.63) is 17.0 Å². The van der Waals surface area contributed by atoms with Crippen molar-refractivity contribution in [1.29, 1.82) is 0 Å². The molecular weight excluding hydrogens is 354 g/mol. The highest BCUT2D eigenvalue weighted by Gasteiger charge is 2.30. The zero-order valence-corrected chi connectivity index (χ0v) is 17.4. The van der Waals surface area contributed by atoms with Crippen molar-refractivity contribution >= 4 is 5.91 Å². The average Bonchev–Trinajstić information content (AvgIpc) is 3.11. The summed E-state index contributed by atoms with van der Waals surface area (Å²) in [5.41, 5.74) is 3.21. The standard InChI is InChI=1S/C21H35N5O2/c1-2-7-26-19-6-10-24(12-11-23-13-15-28-16-14-23)17-18(19)20(22-26)21(27)25-8-4-3-5-9-25/h2-17H2,1H3. The molecule has 1 aromatic rings. The number of ether oxygens (including phenoxy) is 1. The Kier molecular flexibility index (Phi) is 6.65. The summed E-state index contributed by atoms with van der Waals surface area (Å²) in [6.07, 6.45) is 5.52. The largest absolute Gasteiger partial charge is 0.379 e. The quantitative estimate of drug-likeness (QED) is 0.740. The number of carbonyl (C=O) groups excluding carboxylic acids is 1. The maximum Gasteiger partial charge on any atom is 0.274 e. The highest BCUT2D eigenvalue weighted by Crippen LogP contribution is 2.25. The highest BCUT2D eigenvalue weighted by atomic mass is 16.5. The molecule has 0 N–H and O–H groups in total. The van der Waals surface area contributed by atoms with Crippen LogP contribution in [-0.2, 0) is 24.2 Å². The van der Waals surface area contributed by atoms with Crippen molar-refractivity contribution in [2.24, 2.45) is 0 Å². The van der Waals surface area contributed by atoms with Gasteiger partial charge in [-0.2, -0.15) is 5.10 Å². The molecule has 2 fully saturated rings. The number of hydrogen-bond acceptors (Lipinski definition) is 5. The van der Waals surface area contributed by atoms with Crippen LogP contribution in [0.5, 0.6) is 0 Å². The van der Waals surface area contributed by atoms with Crippen LogP contribution in [0.4, 0.5) is 0 Å². The number of amides is 1. The Morgan fingerprint density at radius 3 is 2.46 bits per heavy atom. The van der Waals surface area contributed by atoms with E-state index in [0.717, 1.165) is 103 Å². The second kappa shape index (κ2) is 9.37. The van der Waals surface area contributed by atoms with Gasteiger partial charge in [0, 0.05) is 76.6 Å². The summed E-state index contributed by atoms with van der Waals surface area (Å²) in [5, 5.41) is 4.81. The molecule has 4 heterocycles. The van der Waals surface area contributed by atoms with Crippen LogP contribution in [0.25, 0.3) is 0 Å².